The minimum absolute atomic E-state index is 0.0514. The summed E-state index contributed by atoms with van der Waals surface area (Å²) in [5.74, 6) is 0.201. The SMILES string of the molecule is C=C(COc1ccc(C(F)(F)F)cc1Cl)Nc1ccc(OCCN(CC)CC)c([N+](=O)[O-])c1. The number of nitro groups is 1. The van der Waals surface area contributed by atoms with E-state index in [0.717, 1.165) is 31.3 Å². The first-order valence-corrected chi connectivity index (χ1v) is 10.5. The Bertz CT molecular complexity index is 982. The molecular formula is C22H25ClF3N3O4. The molecule has 180 valence electrons. The molecule has 0 spiro atoms. The maximum Gasteiger partial charge on any atom is 0.416 e. The molecule has 0 heterocycles. The second kappa shape index (κ2) is 11.8. The molecule has 2 aromatic carbocycles. The maximum absolute atomic E-state index is 12.7. The molecule has 7 nitrogen and oxygen atoms in total. The van der Waals surface area contributed by atoms with Gasteiger partial charge in [-0.1, -0.05) is 32.0 Å². The number of alkyl halides is 3. The fourth-order valence-corrected chi connectivity index (χ4v) is 3.12. The number of nitrogens with zero attached hydrogens (tertiary/aromatic N) is 2. The van der Waals surface area contributed by atoms with Gasteiger partial charge in [0.25, 0.3) is 0 Å². The van der Waals surface area contributed by atoms with Crippen LogP contribution in [0.15, 0.2) is 48.7 Å². The summed E-state index contributed by atoms with van der Waals surface area (Å²) in [6, 6.07) is 7.14. The lowest BCUT2D eigenvalue weighted by atomic mass is 10.2. The lowest BCUT2D eigenvalue weighted by Crippen LogP contribution is -2.28. The summed E-state index contributed by atoms with van der Waals surface area (Å²) in [6.07, 6.45) is -4.51. The average molecular weight is 488 g/mol. The molecule has 33 heavy (non-hydrogen) atoms. The van der Waals surface area contributed by atoms with Gasteiger partial charge in [-0.3, -0.25) is 10.1 Å². The number of nitrogens with one attached hydrogen (secondary N) is 1. The molecule has 0 fully saturated rings. The number of anilines is 1. The van der Waals surface area contributed by atoms with Gasteiger partial charge >= 0.3 is 11.9 Å². The first-order chi connectivity index (χ1) is 15.5. The topological polar surface area (TPSA) is 76.9 Å². The molecule has 2 aromatic rings. The standard InChI is InChI=1S/C22H25ClF3N3O4/c1-4-28(5-2)10-11-32-21-9-7-17(13-19(21)29(30)31)27-15(3)14-33-20-8-6-16(12-18(20)23)22(24,25)26/h6-9,12-13,27H,3-5,10-11,14H2,1-2H3. The summed E-state index contributed by atoms with van der Waals surface area (Å²) in [5.41, 5.74) is -0.400. The number of likely N-dealkylation sites (N-methyl/N-ethyl adjacent to an activating group) is 1. The molecule has 0 bridgehead atoms. The van der Waals surface area contributed by atoms with Gasteiger partial charge in [0.2, 0.25) is 0 Å². The number of rotatable bonds is 12. The van der Waals surface area contributed by atoms with Crippen molar-refractivity contribution in [1.29, 1.82) is 0 Å². The van der Waals surface area contributed by atoms with Crippen LogP contribution in [0.25, 0.3) is 0 Å². The Morgan fingerprint density at radius 2 is 1.82 bits per heavy atom. The number of hydrogen-bond donors (Lipinski definition) is 1. The highest BCUT2D eigenvalue weighted by molar-refractivity contribution is 6.32. The van der Waals surface area contributed by atoms with Crippen LogP contribution in [0.3, 0.4) is 0 Å². The Morgan fingerprint density at radius 3 is 2.39 bits per heavy atom. The van der Waals surface area contributed by atoms with Crippen molar-refractivity contribution in [1.82, 2.24) is 4.90 Å². The predicted octanol–water partition coefficient (Wildman–Crippen LogP) is 5.99. The van der Waals surface area contributed by atoms with E-state index in [1.165, 1.54) is 12.1 Å². The number of halogens is 4. The molecule has 1 N–H and O–H groups in total. The van der Waals surface area contributed by atoms with E-state index in [1.54, 1.807) is 6.07 Å². The highest BCUT2D eigenvalue weighted by atomic mass is 35.5. The van der Waals surface area contributed by atoms with E-state index in [-0.39, 0.29) is 28.8 Å². The van der Waals surface area contributed by atoms with Gasteiger partial charge in [-0.2, -0.15) is 13.2 Å². The van der Waals surface area contributed by atoms with Gasteiger partial charge in [-0.15, -0.1) is 0 Å². The number of benzene rings is 2. The van der Waals surface area contributed by atoms with Gasteiger partial charge in [0.15, 0.2) is 5.75 Å². The van der Waals surface area contributed by atoms with Gasteiger partial charge in [0.05, 0.1) is 15.5 Å². The molecule has 0 aliphatic rings. The summed E-state index contributed by atoms with van der Waals surface area (Å²) < 4.78 is 49.2. The third-order valence-electron chi connectivity index (χ3n) is 4.70. The molecular weight excluding hydrogens is 463 g/mol. The number of hydrogen-bond acceptors (Lipinski definition) is 6. The Kier molecular flexibility index (Phi) is 9.36. The van der Waals surface area contributed by atoms with Crippen LogP contribution >= 0.6 is 11.6 Å². The zero-order valence-corrected chi connectivity index (χ0v) is 19.0. The van der Waals surface area contributed by atoms with Crippen molar-refractivity contribution >= 4 is 23.0 Å². The van der Waals surface area contributed by atoms with Crippen molar-refractivity contribution in [2.24, 2.45) is 0 Å². The van der Waals surface area contributed by atoms with Crippen LogP contribution in [0.5, 0.6) is 11.5 Å². The molecule has 0 amide bonds. The summed E-state index contributed by atoms with van der Waals surface area (Å²) in [6.45, 7) is 10.4. The van der Waals surface area contributed by atoms with Gasteiger partial charge in [0, 0.05) is 24.0 Å². The minimum atomic E-state index is -4.51. The second-order valence-corrected chi connectivity index (χ2v) is 7.38. The van der Waals surface area contributed by atoms with E-state index in [1.807, 2.05) is 13.8 Å². The van der Waals surface area contributed by atoms with Crippen molar-refractivity contribution in [3.8, 4) is 11.5 Å². The lowest BCUT2D eigenvalue weighted by Gasteiger charge is -2.18. The third kappa shape index (κ3) is 7.83. The van der Waals surface area contributed by atoms with E-state index in [9.17, 15) is 23.3 Å². The Balaban J connectivity index is 1.99. The van der Waals surface area contributed by atoms with E-state index in [2.05, 4.69) is 16.8 Å². The monoisotopic (exact) mass is 487 g/mol. The van der Waals surface area contributed by atoms with Crippen LogP contribution < -0.4 is 14.8 Å². The Morgan fingerprint density at radius 1 is 1.15 bits per heavy atom. The molecule has 2 rings (SSSR count). The van der Waals surface area contributed by atoms with Crippen molar-refractivity contribution in [2.75, 3.05) is 38.2 Å². The molecule has 0 aliphatic carbocycles. The smallest absolute Gasteiger partial charge is 0.416 e. The largest absolute Gasteiger partial charge is 0.486 e. The third-order valence-corrected chi connectivity index (χ3v) is 4.99. The Hall–Kier alpha value is -2.98. The molecule has 0 aliphatic heterocycles. The Labute approximate surface area is 194 Å². The van der Waals surface area contributed by atoms with Crippen molar-refractivity contribution in [3.05, 3.63) is 69.4 Å². The zero-order valence-electron chi connectivity index (χ0n) is 18.2. The average Bonchev–Trinajstić information content (AvgIpc) is 2.75. The molecule has 0 unspecified atom stereocenters. The van der Waals surface area contributed by atoms with Gasteiger partial charge in [-0.05, 0) is 43.4 Å². The zero-order chi connectivity index (χ0) is 24.6. The van der Waals surface area contributed by atoms with Crippen LogP contribution in [0, 0.1) is 10.1 Å². The molecule has 0 radical (unpaired) electrons. The predicted molar refractivity (Wildman–Crippen MR) is 121 cm³/mol. The molecule has 0 atom stereocenters. The first kappa shape index (κ1) is 26.3. The van der Waals surface area contributed by atoms with Crippen molar-refractivity contribution in [3.63, 3.8) is 0 Å². The summed E-state index contributed by atoms with van der Waals surface area (Å²) in [5, 5.41) is 14.1. The first-order valence-electron chi connectivity index (χ1n) is 10.1. The minimum Gasteiger partial charge on any atom is -0.486 e. The van der Waals surface area contributed by atoms with E-state index in [0.29, 0.717) is 24.5 Å². The summed E-state index contributed by atoms with van der Waals surface area (Å²) >= 11 is 5.86. The fraction of sp³-hybridized carbons (Fsp3) is 0.364. The van der Waals surface area contributed by atoms with Crippen LogP contribution in [0.2, 0.25) is 5.02 Å². The van der Waals surface area contributed by atoms with E-state index >= 15 is 0 Å². The maximum atomic E-state index is 12.7. The van der Waals surface area contributed by atoms with Gasteiger partial charge in [-0.25, -0.2) is 0 Å². The van der Waals surface area contributed by atoms with Crippen LogP contribution in [0.4, 0.5) is 24.5 Å². The van der Waals surface area contributed by atoms with Crippen molar-refractivity contribution < 1.29 is 27.6 Å². The highest BCUT2D eigenvalue weighted by Crippen LogP contribution is 2.35. The molecule has 0 saturated carbocycles. The van der Waals surface area contributed by atoms with Gasteiger partial charge in [0.1, 0.15) is 19.0 Å². The summed E-state index contributed by atoms with van der Waals surface area (Å²) in [7, 11) is 0. The highest BCUT2D eigenvalue weighted by Gasteiger charge is 2.31. The van der Waals surface area contributed by atoms with Crippen LogP contribution in [0.1, 0.15) is 19.4 Å². The summed E-state index contributed by atoms with van der Waals surface area (Å²) in [4.78, 5) is 13.1. The molecule has 11 heteroatoms. The van der Waals surface area contributed by atoms with E-state index in [4.69, 9.17) is 21.1 Å². The second-order valence-electron chi connectivity index (χ2n) is 6.98. The molecule has 0 aromatic heterocycles. The van der Waals surface area contributed by atoms with Crippen molar-refractivity contribution in [2.45, 2.75) is 20.0 Å². The lowest BCUT2D eigenvalue weighted by molar-refractivity contribution is -0.385. The number of nitro benzene ring substituents is 1. The van der Waals surface area contributed by atoms with Gasteiger partial charge < -0.3 is 19.7 Å². The van der Waals surface area contributed by atoms with E-state index < -0.39 is 16.7 Å². The van der Waals surface area contributed by atoms with Crippen LogP contribution in [-0.4, -0.2) is 42.7 Å². The van der Waals surface area contributed by atoms with Crippen LogP contribution in [-0.2, 0) is 6.18 Å². The number of ether oxygens (including phenoxy) is 2. The quantitative estimate of drug-likeness (QED) is 0.292. The molecule has 0 saturated heterocycles. The normalized spacial score (nSPS) is 11.4. The fourth-order valence-electron chi connectivity index (χ4n) is 2.88.